The molecular formula is C12H14BrN3O3. The highest BCUT2D eigenvalue weighted by atomic mass is 79.9. The Labute approximate surface area is 119 Å². The number of carbonyl (C=O) groups excluding carboxylic acids is 2. The Kier molecular flexibility index (Phi) is 6.01. The van der Waals surface area contributed by atoms with Crippen molar-refractivity contribution in [3.63, 3.8) is 0 Å². The van der Waals surface area contributed by atoms with Gasteiger partial charge in [-0.25, -0.2) is 5.43 Å². The number of halogens is 1. The first kappa shape index (κ1) is 15.2. The largest absolute Gasteiger partial charge is 0.507 e. The molecule has 2 amide bonds. The molecule has 7 heteroatoms. The zero-order chi connectivity index (χ0) is 14.3. The molecule has 102 valence electrons. The zero-order valence-electron chi connectivity index (χ0n) is 10.3. The number of rotatable bonds is 4. The van der Waals surface area contributed by atoms with Crippen molar-refractivity contribution < 1.29 is 14.7 Å². The lowest BCUT2D eigenvalue weighted by Gasteiger charge is -2.02. The molecule has 0 unspecified atom stereocenters. The van der Waals surface area contributed by atoms with Crippen LogP contribution >= 0.6 is 15.9 Å². The summed E-state index contributed by atoms with van der Waals surface area (Å²) in [6.07, 6.45) is 2.00. The Hall–Kier alpha value is -1.89. The summed E-state index contributed by atoms with van der Waals surface area (Å²) in [7, 11) is 0. The highest BCUT2D eigenvalue weighted by Gasteiger charge is 2.10. The first-order valence-electron chi connectivity index (χ1n) is 5.64. The SMILES string of the molecule is CCCNC(=O)C(=O)N/N=C\c1cc(Br)ccc1O. The summed E-state index contributed by atoms with van der Waals surface area (Å²) in [5.74, 6) is -1.56. The number of hydrogen-bond donors (Lipinski definition) is 3. The van der Waals surface area contributed by atoms with Crippen molar-refractivity contribution in [2.75, 3.05) is 6.54 Å². The van der Waals surface area contributed by atoms with E-state index in [1.807, 2.05) is 6.92 Å². The van der Waals surface area contributed by atoms with Crippen molar-refractivity contribution in [2.45, 2.75) is 13.3 Å². The van der Waals surface area contributed by atoms with Crippen molar-refractivity contribution >= 4 is 34.0 Å². The van der Waals surface area contributed by atoms with Gasteiger partial charge in [-0.1, -0.05) is 22.9 Å². The molecule has 0 spiro atoms. The molecule has 0 aromatic heterocycles. The molecule has 0 aliphatic heterocycles. The third kappa shape index (κ3) is 5.09. The molecule has 0 bridgehead atoms. The number of phenols is 1. The lowest BCUT2D eigenvalue weighted by molar-refractivity contribution is -0.139. The fourth-order valence-electron chi connectivity index (χ4n) is 1.16. The molecule has 0 atom stereocenters. The van der Waals surface area contributed by atoms with Crippen LogP contribution in [0.15, 0.2) is 27.8 Å². The fraction of sp³-hybridized carbons (Fsp3) is 0.250. The minimum Gasteiger partial charge on any atom is -0.507 e. The molecule has 1 aromatic carbocycles. The summed E-state index contributed by atoms with van der Waals surface area (Å²) in [5, 5.41) is 15.5. The molecule has 0 heterocycles. The molecular weight excluding hydrogens is 314 g/mol. The van der Waals surface area contributed by atoms with E-state index >= 15 is 0 Å². The second-order valence-electron chi connectivity index (χ2n) is 3.66. The number of nitrogens with one attached hydrogen (secondary N) is 2. The molecule has 3 N–H and O–H groups in total. The van der Waals surface area contributed by atoms with Gasteiger partial charge in [-0.05, 0) is 24.6 Å². The predicted octanol–water partition coefficient (Wildman–Crippen LogP) is 1.13. The normalized spacial score (nSPS) is 10.4. The van der Waals surface area contributed by atoms with Gasteiger partial charge in [-0.3, -0.25) is 9.59 Å². The van der Waals surface area contributed by atoms with E-state index in [2.05, 4.69) is 31.8 Å². The molecule has 0 saturated heterocycles. The van der Waals surface area contributed by atoms with Gasteiger partial charge in [-0.15, -0.1) is 0 Å². The van der Waals surface area contributed by atoms with Crippen molar-refractivity contribution in [3.05, 3.63) is 28.2 Å². The molecule has 0 saturated carbocycles. The van der Waals surface area contributed by atoms with Crippen LogP contribution in [0.3, 0.4) is 0 Å². The quantitative estimate of drug-likeness (QED) is 0.440. The van der Waals surface area contributed by atoms with Crippen molar-refractivity contribution in [1.29, 1.82) is 0 Å². The first-order valence-corrected chi connectivity index (χ1v) is 6.43. The summed E-state index contributed by atoms with van der Waals surface area (Å²) < 4.78 is 0.763. The lowest BCUT2D eigenvalue weighted by Crippen LogP contribution is -2.38. The van der Waals surface area contributed by atoms with Crippen molar-refractivity contribution in [1.82, 2.24) is 10.7 Å². The summed E-state index contributed by atoms with van der Waals surface area (Å²) in [6, 6.07) is 4.78. The molecule has 0 radical (unpaired) electrons. The van der Waals surface area contributed by atoms with Crippen molar-refractivity contribution in [2.24, 2.45) is 5.10 Å². The minimum absolute atomic E-state index is 0.0247. The van der Waals surface area contributed by atoms with Crippen LogP contribution < -0.4 is 10.7 Å². The molecule has 6 nitrogen and oxygen atoms in total. The number of carbonyl (C=O) groups is 2. The number of aromatic hydroxyl groups is 1. The monoisotopic (exact) mass is 327 g/mol. The van der Waals surface area contributed by atoms with Gasteiger partial charge in [0.1, 0.15) is 5.75 Å². The number of nitrogens with zero attached hydrogens (tertiary/aromatic N) is 1. The Morgan fingerprint density at radius 3 is 2.84 bits per heavy atom. The average molecular weight is 328 g/mol. The number of hydrazone groups is 1. The van der Waals surface area contributed by atoms with Crippen molar-refractivity contribution in [3.8, 4) is 5.75 Å². The lowest BCUT2D eigenvalue weighted by atomic mass is 10.2. The van der Waals surface area contributed by atoms with Crippen LogP contribution in [-0.4, -0.2) is 29.7 Å². The first-order chi connectivity index (χ1) is 9.04. The Bertz CT molecular complexity index is 503. The van der Waals surface area contributed by atoms with Crippen LogP contribution in [0.2, 0.25) is 0 Å². The van der Waals surface area contributed by atoms with E-state index in [1.54, 1.807) is 12.1 Å². The standard InChI is InChI=1S/C12H14BrN3O3/c1-2-5-14-11(18)12(19)16-15-7-8-6-9(13)3-4-10(8)17/h3-4,6-7,17H,2,5H2,1H3,(H,14,18)(H,16,19)/b15-7-. The van der Waals surface area contributed by atoms with Crippen LogP contribution in [-0.2, 0) is 9.59 Å². The number of phenolic OH excluding ortho intramolecular Hbond substituents is 1. The Morgan fingerprint density at radius 2 is 2.16 bits per heavy atom. The minimum atomic E-state index is -0.848. The van der Waals surface area contributed by atoms with Crippen LogP contribution in [0, 0.1) is 0 Å². The van der Waals surface area contributed by atoms with E-state index in [1.165, 1.54) is 12.3 Å². The van der Waals surface area contributed by atoms with Gasteiger partial charge in [-0.2, -0.15) is 5.10 Å². The van der Waals surface area contributed by atoms with E-state index in [0.29, 0.717) is 12.1 Å². The van der Waals surface area contributed by atoms with Gasteiger partial charge in [0, 0.05) is 16.6 Å². The van der Waals surface area contributed by atoms with Gasteiger partial charge in [0.25, 0.3) is 0 Å². The number of benzene rings is 1. The summed E-state index contributed by atoms with van der Waals surface area (Å²) >= 11 is 3.24. The van der Waals surface area contributed by atoms with E-state index in [-0.39, 0.29) is 5.75 Å². The molecule has 0 aliphatic carbocycles. The highest BCUT2D eigenvalue weighted by molar-refractivity contribution is 9.10. The number of hydrogen-bond acceptors (Lipinski definition) is 4. The van der Waals surface area contributed by atoms with Crippen LogP contribution in [0.5, 0.6) is 5.75 Å². The Morgan fingerprint density at radius 1 is 1.42 bits per heavy atom. The maximum absolute atomic E-state index is 11.3. The second-order valence-corrected chi connectivity index (χ2v) is 4.57. The van der Waals surface area contributed by atoms with Gasteiger partial charge >= 0.3 is 11.8 Å². The van der Waals surface area contributed by atoms with Gasteiger partial charge in [0.15, 0.2) is 0 Å². The fourth-order valence-corrected chi connectivity index (χ4v) is 1.54. The molecule has 0 aliphatic rings. The smallest absolute Gasteiger partial charge is 0.329 e. The Balaban J connectivity index is 2.56. The molecule has 19 heavy (non-hydrogen) atoms. The molecule has 1 rings (SSSR count). The summed E-state index contributed by atoms with van der Waals surface area (Å²) in [6.45, 7) is 2.31. The predicted molar refractivity (Wildman–Crippen MR) is 74.8 cm³/mol. The molecule has 1 aromatic rings. The highest BCUT2D eigenvalue weighted by Crippen LogP contribution is 2.19. The van der Waals surface area contributed by atoms with E-state index in [4.69, 9.17) is 0 Å². The maximum atomic E-state index is 11.3. The number of amides is 2. The van der Waals surface area contributed by atoms with E-state index < -0.39 is 11.8 Å². The average Bonchev–Trinajstić information content (AvgIpc) is 2.39. The van der Waals surface area contributed by atoms with Gasteiger partial charge < -0.3 is 10.4 Å². The second kappa shape index (κ2) is 7.52. The summed E-state index contributed by atoms with van der Waals surface area (Å²) in [4.78, 5) is 22.5. The third-order valence-electron chi connectivity index (χ3n) is 2.10. The zero-order valence-corrected chi connectivity index (χ0v) is 11.9. The summed E-state index contributed by atoms with van der Waals surface area (Å²) in [5.41, 5.74) is 2.50. The van der Waals surface area contributed by atoms with Gasteiger partial charge in [0.05, 0.1) is 6.21 Å². The van der Waals surface area contributed by atoms with Gasteiger partial charge in [0.2, 0.25) is 0 Å². The molecule has 0 fully saturated rings. The topological polar surface area (TPSA) is 90.8 Å². The van der Waals surface area contributed by atoms with E-state index in [9.17, 15) is 14.7 Å². The van der Waals surface area contributed by atoms with Crippen LogP contribution in [0.25, 0.3) is 0 Å². The van der Waals surface area contributed by atoms with E-state index in [0.717, 1.165) is 10.9 Å². The maximum Gasteiger partial charge on any atom is 0.329 e. The third-order valence-corrected chi connectivity index (χ3v) is 2.59. The van der Waals surface area contributed by atoms with Crippen LogP contribution in [0.1, 0.15) is 18.9 Å². The van der Waals surface area contributed by atoms with Crippen LogP contribution in [0.4, 0.5) is 0 Å².